The lowest BCUT2D eigenvalue weighted by Gasteiger charge is -2.09. The minimum absolute atomic E-state index is 0.131. The maximum atomic E-state index is 11.0. The van der Waals surface area contributed by atoms with E-state index in [1.165, 1.54) is 0 Å². The zero-order valence-corrected chi connectivity index (χ0v) is 7.84. The number of hydrogen-bond acceptors (Lipinski definition) is 3. The second-order valence-corrected chi connectivity index (χ2v) is 2.87. The van der Waals surface area contributed by atoms with E-state index in [2.05, 4.69) is 5.32 Å². The lowest BCUT2D eigenvalue weighted by Crippen LogP contribution is -2.27. The third kappa shape index (κ3) is 6.12. The highest BCUT2D eigenvalue weighted by Crippen LogP contribution is 1.84. The first-order chi connectivity index (χ1) is 5.68. The zero-order chi connectivity index (χ0) is 9.40. The summed E-state index contributed by atoms with van der Waals surface area (Å²) in [7, 11) is 3.49. The highest BCUT2D eigenvalue weighted by atomic mass is 16.3. The third-order valence-electron chi connectivity index (χ3n) is 1.53. The quantitative estimate of drug-likeness (QED) is 0.531. The van der Waals surface area contributed by atoms with Gasteiger partial charge in [-0.1, -0.05) is 0 Å². The highest BCUT2D eigenvalue weighted by Gasteiger charge is 2.01. The van der Waals surface area contributed by atoms with Crippen LogP contribution >= 0.6 is 0 Å². The predicted octanol–water partition coefficient (Wildman–Crippen LogP) is -0.563. The summed E-state index contributed by atoms with van der Waals surface area (Å²) in [6.07, 6.45) is 1.27. The number of carbonyl (C=O) groups excluding carboxylic acids is 1. The van der Waals surface area contributed by atoms with Crippen LogP contribution in [0.15, 0.2) is 0 Å². The standard InChI is InChI=1S/C8H18N2O2/c1-10(2)8(12)4-6-9-5-3-7-11/h9,11H,3-7H2,1-2H3. The topological polar surface area (TPSA) is 52.6 Å². The van der Waals surface area contributed by atoms with Crippen LogP contribution in [0.5, 0.6) is 0 Å². The molecule has 0 heterocycles. The number of nitrogens with one attached hydrogen (secondary N) is 1. The van der Waals surface area contributed by atoms with Crippen LogP contribution in [0.4, 0.5) is 0 Å². The molecule has 0 saturated heterocycles. The molecule has 0 saturated carbocycles. The van der Waals surface area contributed by atoms with E-state index in [-0.39, 0.29) is 12.5 Å². The molecule has 0 spiro atoms. The Balaban J connectivity index is 3.14. The largest absolute Gasteiger partial charge is 0.396 e. The van der Waals surface area contributed by atoms with Crippen molar-refractivity contribution in [2.45, 2.75) is 12.8 Å². The van der Waals surface area contributed by atoms with E-state index in [4.69, 9.17) is 5.11 Å². The van der Waals surface area contributed by atoms with Crippen molar-refractivity contribution in [3.63, 3.8) is 0 Å². The molecule has 4 heteroatoms. The molecule has 0 aliphatic carbocycles. The van der Waals surface area contributed by atoms with Gasteiger partial charge in [0.1, 0.15) is 0 Å². The first-order valence-corrected chi connectivity index (χ1v) is 4.20. The fourth-order valence-electron chi connectivity index (χ4n) is 0.748. The van der Waals surface area contributed by atoms with Crippen molar-refractivity contribution >= 4 is 5.91 Å². The maximum Gasteiger partial charge on any atom is 0.223 e. The number of amides is 1. The monoisotopic (exact) mass is 174 g/mol. The van der Waals surface area contributed by atoms with Gasteiger partial charge in [-0.2, -0.15) is 0 Å². The lowest BCUT2D eigenvalue weighted by molar-refractivity contribution is -0.128. The summed E-state index contributed by atoms with van der Waals surface area (Å²) >= 11 is 0. The Kier molecular flexibility index (Phi) is 6.70. The smallest absolute Gasteiger partial charge is 0.223 e. The number of nitrogens with zero attached hydrogens (tertiary/aromatic N) is 1. The van der Waals surface area contributed by atoms with Gasteiger partial charge in [-0.25, -0.2) is 0 Å². The van der Waals surface area contributed by atoms with Crippen molar-refractivity contribution in [1.29, 1.82) is 0 Å². The van der Waals surface area contributed by atoms with Gasteiger partial charge in [0, 0.05) is 33.7 Å². The van der Waals surface area contributed by atoms with Gasteiger partial charge in [-0.05, 0) is 13.0 Å². The fraction of sp³-hybridized carbons (Fsp3) is 0.875. The van der Waals surface area contributed by atoms with Crippen LogP contribution in [0.1, 0.15) is 12.8 Å². The van der Waals surface area contributed by atoms with Crippen molar-refractivity contribution in [3.8, 4) is 0 Å². The summed E-state index contributed by atoms with van der Waals surface area (Å²) in [5.41, 5.74) is 0. The van der Waals surface area contributed by atoms with Crippen LogP contribution in [-0.2, 0) is 4.79 Å². The van der Waals surface area contributed by atoms with E-state index in [0.29, 0.717) is 13.0 Å². The number of hydrogen-bond donors (Lipinski definition) is 2. The van der Waals surface area contributed by atoms with E-state index in [1.807, 2.05) is 0 Å². The summed E-state index contributed by atoms with van der Waals surface area (Å²) < 4.78 is 0. The Labute approximate surface area is 73.6 Å². The third-order valence-corrected chi connectivity index (χ3v) is 1.53. The normalized spacial score (nSPS) is 9.92. The van der Waals surface area contributed by atoms with Crippen molar-refractivity contribution in [1.82, 2.24) is 10.2 Å². The molecule has 0 bridgehead atoms. The van der Waals surface area contributed by atoms with Crippen LogP contribution < -0.4 is 5.32 Å². The predicted molar refractivity (Wildman–Crippen MR) is 47.9 cm³/mol. The van der Waals surface area contributed by atoms with Crippen LogP contribution in [-0.4, -0.2) is 49.7 Å². The van der Waals surface area contributed by atoms with Crippen LogP contribution in [0, 0.1) is 0 Å². The first-order valence-electron chi connectivity index (χ1n) is 4.20. The van der Waals surface area contributed by atoms with E-state index in [9.17, 15) is 4.79 Å². The van der Waals surface area contributed by atoms with Gasteiger partial charge in [-0.15, -0.1) is 0 Å². The van der Waals surface area contributed by atoms with Crippen LogP contribution in [0.2, 0.25) is 0 Å². The molecule has 0 aromatic rings. The summed E-state index contributed by atoms with van der Waals surface area (Å²) in [6.45, 7) is 1.67. The number of aliphatic hydroxyl groups is 1. The minimum atomic E-state index is 0.131. The van der Waals surface area contributed by atoms with Gasteiger partial charge < -0.3 is 15.3 Å². The van der Waals surface area contributed by atoms with E-state index < -0.39 is 0 Å². The Morgan fingerprint density at radius 1 is 1.42 bits per heavy atom. The Bertz CT molecular complexity index is 126. The van der Waals surface area contributed by atoms with E-state index in [0.717, 1.165) is 13.0 Å². The Morgan fingerprint density at radius 2 is 2.08 bits per heavy atom. The zero-order valence-electron chi connectivity index (χ0n) is 7.84. The fourth-order valence-corrected chi connectivity index (χ4v) is 0.748. The molecule has 0 fully saturated rings. The molecule has 2 N–H and O–H groups in total. The minimum Gasteiger partial charge on any atom is -0.396 e. The van der Waals surface area contributed by atoms with E-state index >= 15 is 0 Å². The van der Waals surface area contributed by atoms with Gasteiger partial charge in [-0.3, -0.25) is 4.79 Å². The molecule has 0 atom stereocenters. The van der Waals surface area contributed by atoms with Crippen molar-refractivity contribution in [2.24, 2.45) is 0 Å². The van der Waals surface area contributed by atoms with Crippen LogP contribution in [0.25, 0.3) is 0 Å². The van der Waals surface area contributed by atoms with Gasteiger partial charge in [0.05, 0.1) is 0 Å². The Hall–Kier alpha value is -0.610. The number of aliphatic hydroxyl groups excluding tert-OH is 1. The molecule has 0 aromatic heterocycles. The van der Waals surface area contributed by atoms with Gasteiger partial charge >= 0.3 is 0 Å². The van der Waals surface area contributed by atoms with Crippen molar-refractivity contribution in [2.75, 3.05) is 33.8 Å². The summed E-state index contributed by atoms with van der Waals surface area (Å²) in [4.78, 5) is 12.6. The Morgan fingerprint density at radius 3 is 2.58 bits per heavy atom. The molecule has 12 heavy (non-hydrogen) atoms. The maximum absolute atomic E-state index is 11.0. The lowest BCUT2D eigenvalue weighted by atomic mass is 10.3. The van der Waals surface area contributed by atoms with Crippen molar-refractivity contribution < 1.29 is 9.90 Å². The molecule has 0 unspecified atom stereocenters. The highest BCUT2D eigenvalue weighted by molar-refractivity contribution is 5.75. The molecule has 0 aliphatic heterocycles. The molecule has 1 amide bonds. The SMILES string of the molecule is CN(C)C(=O)CCNCCCO. The summed E-state index contributed by atoms with van der Waals surface area (Å²) in [5, 5.41) is 11.5. The average Bonchev–Trinajstić information content (AvgIpc) is 2.03. The van der Waals surface area contributed by atoms with Crippen molar-refractivity contribution in [3.05, 3.63) is 0 Å². The second kappa shape index (κ2) is 7.06. The van der Waals surface area contributed by atoms with Gasteiger partial charge in [0.15, 0.2) is 0 Å². The van der Waals surface area contributed by atoms with Gasteiger partial charge in [0.2, 0.25) is 5.91 Å². The van der Waals surface area contributed by atoms with Crippen LogP contribution in [0.3, 0.4) is 0 Å². The molecular formula is C8H18N2O2. The summed E-state index contributed by atoms with van der Waals surface area (Å²) in [5.74, 6) is 0.131. The second-order valence-electron chi connectivity index (χ2n) is 2.87. The van der Waals surface area contributed by atoms with Gasteiger partial charge in [0.25, 0.3) is 0 Å². The molecular weight excluding hydrogens is 156 g/mol. The number of carbonyl (C=O) groups is 1. The molecule has 0 aromatic carbocycles. The molecule has 72 valence electrons. The van der Waals surface area contributed by atoms with E-state index in [1.54, 1.807) is 19.0 Å². The molecule has 0 aliphatic rings. The number of rotatable bonds is 6. The molecule has 0 rings (SSSR count). The average molecular weight is 174 g/mol. The molecule has 4 nitrogen and oxygen atoms in total. The summed E-state index contributed by atoms with van der Waals surface area (Å²) in [6, 6.07) is 0. The first kappa shape index (κ1) is 11.4. The molecule has 0 radical (unpaired) electrons.